The van der Waals surface area contributed by atoms with Crippen LogP contribution < -0.4 is 5.14 Å². The van der Waals surface area contributed by atoms with Crippen LogP contribution in [0.2, 0.25) is 0 Å². The fraction of sp³-hybridized carbons (Fsp3) is 0.417. The van der Waals surface area contributed by atoms with E-state index in [-0.39, 0.29) is 30.7 Å². The van der Waals surface area contributed by atoms with Gasteiger partial charge in [-0.25, -0.2) is 17.9 Å². The van der Waals surface area contributed by atoms with E-state index in [2.05, 4.69) is 0 Å². The molecule has 1 amide bonds. The summed E-state index contributed by atoms with van der Waals surface area (Å²) in [6.45, 7) is 1.85. The molecular weight excluding hydrogens is 271 g/mol. The van der Waals surface area contributed by atoms with Crippen LogP contribution in [0, 0.1) is 5.82 Å². The van der Waals surface area contributed by atoms with Gasteiger partial charge < -0.3 is 4.90 Å². The molecule has 7 heteroatoms. The number of carbonyl (C=O) groups is 1. The molecule has 104 valence electrons. The zero-order chi connectivity index (χ0) is 14.2. The average molecular weight is 286 g/mol. The van der Waals surface area contributed by atoms with E-state index in [4.69, 9.17) is 5.14 Å². The van der Waals surface area contributed by atoms with Crippen molar-refractivity contribution in [1.82, 2.24) is 4.90 Å². The van der Waals surface area contributed by atoms with Crippen LogP contribution in [0.5, 0.6) is 0 Å². The number of primary sulfonamides is 1. The molecule has 0 radical (unpaired) electrons. The Bertz CT molecular complexity index is 585. The van der Waals surface area contributed by atoms with Crippen LogP contribution in [0.3, 0.4) is 0 Å². The maximum atomic E-state index is 12.8. The molecule has 2 N–H and O–H groups in total. The predicted molar refractivity (Wildman–Crippen MR) is 68.0 cm³/mol. The molecule has 2 unspecified atom stereocenters. The molecular formula is C12H15FN2O3S. The third-order valence-corrected chi connectivity index (χ3v) is 4.65. The van der Waals surface area contributed by atoms with Crippen LogP contribution >= 0.6 is 0 Å². The van der Waals surface area contributed by atoms with Crippen molar-refractivity contribution in [1.29, 1.82) is 0 Å². The molecule has 2 atom stereocenters. The van der Waals surface area contributed by atoms with Crippen molar-refractivity contribution in [3.05, 3.63) is 35.6 Å². The molecule has 1 saturated heterocycles. The number of rotatable bonds is 3. The third-order valence-electron chi connectivity index (χ3n) is 3.41. The lowest BCUT2D eigenvalue weighted by Gasteiger charge is -2.25. The molecule has 2 rings (SSSR count). The molecule has 1 heterocycles. The van der Waals surface area contributed by atoms with Crippen LogP contribution in [-0.4, -0.2) is 31.0 Å². The number of benzene rings is 1. The van der Waals surface area contributed by atoms with Crippen LogP contribution in [0.1, 0.15) is 24.9 Å². The molecule has 1 fully saturated rings. The van der Waals surface area contributed by atoms with Crippen LogP contribution in [0.15, 0.2) is 24.3 Å². The summed E-state index contributed by atoms with van der Waals surface area (Å²) in [6.07, 6.45) is -0.0929. The zero-order valence-corrected chi connectivity index (χ0v) is 11.2. The summed E-state index contributed by atoms with van der Waals surface area (Å²) in [6, 6.07) is 5.47. The average Bonchev–Trinajstić information content (AvgIpc) is 2.71. The number of hydrogen-bond acceptors (Lipinski definition) is 3. The lowest BCUT2D eigenvalue weighted by molar-refractivity contribution is -0.129. The van der Waals surface area contributed by atoms with Gasteiger partial charge in [-0.1, -0.05) is 12.1 Å². The number of nitrogens with zero attached hydrogens (tertiary/aromatic N) is 1. The van der Waals surface area contributed by atoms with Gasteiger partial charge in [-0.3, -0.25) is 4.79 Å². The summed E-state index contributed by atoms with van der Waals surface area (Å²) in [5.41, 5.74) is 0.754. The van der Waals surface area contributed by atoms with Crippen LogP contribution in [0.25, 0.3) is 0 Å². The minimum Gasteiger partial charge on any atom is -0.335 e. The fourth-order valence-corrected chi connectivity index (χ4v) is 2.96. The Morgan fingerprint density at radius 2 is 1.95 bits per heavy atom. The fourth-order valence-electron chi connectivity index (χ4n) is 2.21. The van der Waals surface area contributed by atoms with E-state index in [1.165, 1.54) is 17.0 Å². The first-order valence-corrected chi connectivity index (χ1v) is 7.46. The highest BCUT2D eigenvalue weighted by molar-refractivity contribution is 7.89. The second-order valence-corrected chi connectivity index (χ2v) is 6.53. The summed E-state index contributed by atoms with van der Waals surface area (Å²) in [7, 11) is -3.71. The van der Waals surface area contributed by atoms with Gasteiger partial charge in [0, 0.05) is 13.0 Å². The van der Waals surface area contributed by atoms with Gasteiger partial charge in [-0.15, -0.1) is 0 Å². The van der Waals surface area contributed by atoms with Gasteiger partial charge in [-0.05, 0) is 24.6 Å². The van der Waals surface area contributed by atoms with E-state index in [0.29, 0.717) is 0 Å². The number of likely N-dealkylation sites (tertiary alicyclic amines) is 1. The van der Waals surface area contributed by atoms with Gasteiger partial charge in [0.1, 0.15) is 11.1 Å². The molecule has 1 aromatic carbocycles. The maximum absolute atomic E-state index is 12.8. The van der Waals surface area contributed by atoms with Gasteiger partial charge >= 0.3 is 0 Å². The molecule has 0 spiro atoms. The SMILES string of the molecule is CC(c1ccc(F)cc1)N1CC(S(N)(=O)=O)CC1=O. The van der Waals surface area contributed by atoms with E-state index in [1.807, 2.05) is 0 Å². The molecule has 0 aliphatic carbocycles. The molecule has 1 aliphatic heterocycles. The quantitative estimate of drug-likeness (QED) is 0.891. The largest absolute Gasteiger partial charge is 0.335 e. The number of carbonyl (C=O) groups excluding carboxylic acids is 1. The Balaban J connectivity index is 2.18. The first kappa shape index (κ1) is 14.0. The molecule has 0 saturated carbocycles. The van der Waals surface area contributed by atoms with Gasteiger partial charge in [0.2, 0.25) is 15.9 Å². The summed E-state index contributed by atoms with van der Waals surface area (Å²) in [5, 5.41) is 4.21. The van der Waals surface area contributed by atoms with Crippen molar-refractivity contribution in [2.75, 3.05) is 6.54 Å². The topological polar surface area (TPSA) is 80.5 Å². The molecule has 19 heavy (non-hydrogen) atoms. The Morgan fingerprint density at radius 3 is 2.42 bits per heavy atom. The lowest BCUT2D eigenvalue weighted by atomic mass is 10.1. The molecule has 5 nitrogen and oxygen atoms in total. The van der Waals surface area contributed by atoms with Crippen molar-refractivity contribution >= 4 is 15.9 Å². The van der Waals surface area contributed by atoms with Gasteiger partial charge in [0.15, 0.2) is 0 Å². The molecule has 1 aromatic rings. The van der Waals surface area contributed by atoms with Crippen molar-refractivity contribution in [3.63, 3.8) is 0 Å². The Morgan fingerprint density at radius 1 is 1.37 bits per heavy atom. The first-order chi connectivity index (χ1) is 8.79. The Hall–Kier alpha value is -1.47. The van der Waals surface area contributed by atoms with Gasteiger partial charge in [-0.2, -0.15) is 0 Å². The summed E-state index contributed by atoms with van der Waals surface area (Å²) in [5.74, 6) is -0.609. The standard InChI is InChI=1S/C12H15FN2O3S/c1-8(9-2-4-10(13)5-3-9)15-7-11(6-12(15)16)19(14,17)18/h2-5,8,11H,6-7H2,1H3,(H2,14,17,18). The van der Waals surface area contributed by atoms with Crippen molar-refractivity contribution < 1.29 is 17.6 Å². The normalized spacial score (nSPS) is 21.7. The number of sulfonamides is 1. The molecule has 0 bridgehead atoms. The summed E-state index contributed by atoms with van der Waals surface area (Å²) >= 11 is 0. The number of halogens is 1. The minimum absolute atomic E-state index is 0.0796. The van der Waals surface area contributed by atoms with E-state index in [1.54, 1.807) is 19.1 Å². The maximum Gasteiger partial charge on any atom is 0.224 e. The second kappa shape index (κ2) is 4.90. The number of hydrogen-bond donors (Lipinski definition) is 1. The predicted octanol–water partition coefficient (Wildman–Crippen LogP) is 0.776. The summed E-state index contributed by atoms with van der Waals surface area (Å²) < 4.78 is 35.4. The Kier molecular flexibility index (Phi) is 3.60. The third kappa shape index (κ3) is 2.93. The highest BCUT2D eigenvalue weighted by Crippen LogP contribution is 2.27. The number of amides is 1. The number of nitrogens with two attached hydrogens (primary N) is 1. The summed E-state index contributed by atoms with van der Waals surface area (Å²) in [4.78, 5) is 13.3. The smallest absolute Gasteiger partial charge is 0.224 e. The van der Waals surface area contributed by atoms with E-state index in [0.717, 1.165) is 5.56 Å². The molecule has 1 aliphatic rings. The monoisotopic (exact) mass is 286 g/mol. The molecule has 0 aromatic heterocycles. The van der Waals surface area contributed by atoms with Gasteiger partial charge in [0.05, 0.1) is 6.04 Å². The highest BCUT2D eigenvalue weighted by atomic mass is 32.2. The lowest BCUT2D eigenvalue weighted by Crippen LogP contribution is -2.33. The van der Waals surface area contributed by atoms with Crippen molar-refractivity contribution in [2.24, 2.45) is 5.14 Å². The highest BCUT2D eigenvalue weighted by Gasteiger charge is 2.38. The second-order valence-electron chi connectivity index (χ2n) is 4.69. The van der Waals surface area contributed by atoms with E-state index < -0.39 is 15.3 Å². The van der Waals surface area contributed by atoms with Crippen LogP contribution in [-0.2, 0) is 14.8 Å². The van der Waals surface area contributed by atoms with Crippen LogP contribution in [0.4, 0.5) is 4.39 Å². The van der Waals surface area contributed by atoms with Crippen molar-refractivity contribution in [3.8, 4) is 0 Å². The first-order valence-electron chi connectivity index (χ1n) is 5.85. The minimum atomic E-state index is -3.71. The van der Waals surface area contributed by atoms with E-state index in [9.17, 15) is 17.6 Å². The van der Waals surface area contributed by atoms with Gasteiger partial charge in [0.25, 0.3) is 0 Å². The zero-order valence-electron chi connectivity index (χ0n) is 10.4. The Labute approximate surface area is 111 Å². The van der Waals surface area contributed by atoms with E-state index >= 15 is 0 Å². The van der Waals surface area contributed by atoms with Crippen molar-refractivity contribution in [2.45, 2.75) is 24.6 Å².